The lowest BCUT2D eigenvalue weighted by atomic mass is 10.1. The molecule has 9 heteroatoms. The van der Waals surface area contributed by atoms with Crippen LogP contribution in [0.3, 0.4) is 0 Å². The number of amides is 1. The van der Waals surface area contributed by atoms with Gasteiger partial charge in [0.1, 0.15) is 0 Å². The topological polar surface area (TPSA) is 111 Å². The van der Waals surface area contributed by atoms with Gasteiger partial charge < -0.3 is 15.0 Å². The van der Waals surface area contributed by atoms with E-state index in [0.29, 0.717) is 22.2 Å². The Hall–Kier alpha value is -4.92. The fourth-order valence-electron chi connectivity index (χ4n) is 4.28. The Morgan fingerprint density at radius 1 is 1.00 bits per heavy atom. The van der Waals surface area contributed by atoms with E-state index in [0.717, 1.165) is 10.1 Å². The number of nitrogens with zero attached hydrogens (tertiary/aromatic N) is 4. The molecule has 2 N–H and O–H groups in total. The minimum atomic E-state index is -1.21. The zero-order valence-electron chi connectivity index (χ0n) is 19.6. The van der Waals surface area contributed by atoms with Gasteiger partial charge in [0, 0.05) is 24.8 Å². The van der Waals surface area contributed by atoms with Crippen LogP contribution in [0.5, 0.6) is 0 Å². The van der Waals surface area contributed by atoms with Gasteiger partial charge in [0.2, 0.25) is 0 Å². The van der Waals surface area contributed by atoms with Crippen LogP contribution in [0.2, 0.25) is 0 Å². The molecule has 5 aromatic rings. The number of hydrogen-bond acceptors (Lipinski definition) is 4. The molecule has 3 heterocycles. The molecule has 0 spiro atoms. The molecule has 36 heavy (non-hydrogen) atoms. The summed E-state index contributed by atoms with van der Waals surface area (Å²) in [7, 11) is 1.55. The fraction of sp³-hybridized carbons (Fsp3) is 0.111. The van der Waals surface area contributed by atoms with E-state index >= 15 is 0 Å². The minimum absolute atomic E-state index is 0.0603. The van der Waals surface area contributed by atoms with Crippen molar-refractivity contribution in [2.24, 2.45) is 7.05 Å². The molecule has 1 atom stereocenters. The smallest absolute Gasteiger partial charge is 0.416 e. The predicted molar refractivity (Wildman–Crippen MR) is 136 cm³/mol. The van der Waals surface area contributed by atoms with Gasteiger partial charge in [-0.2, -0.15) is 5.10 Å². The monoisotopic (exact) mass is 481 g/mol. The van der Waals surface area contributed by atoms with Gasteiger partial charge in [-0.25, -0.2) is 9.36 Å². The van der Waals surface area contributed by atoms with E-state index in [9.17, 15) is 19.5 Å². The van der Waals surface area contributed by atoms with E-state index in [2.05, 4.69) is 10.4 Å². The maximum Gasteiger partial charge on any atom is 0.416 e. The number of aryl methyl sites for hydroxylation is 1. The molecule has 0 fully saturated rings. The first-order chi connectivity index (χ1) is 17.3. The van der Waals surface area contributed by atoms with Crippen molar-refractivity contribution in [3.63, 3.8) is 0 Å². The van der Waals surface area contributed by atoms with Crippen molar-refractivity contribution in [2.45, 2.75) is 13.0 Å². The SMILES string of the molecule is C[C@@H](c1ccccc1)n1cc(C(=O)Nc2cc(-c3cc4ccccc4n3C(=O)O)c(=O)n(C)c2)cn1. The molecular formula is C27H23N5O4. The number of carbonyl (C=O) groups is 2. The minimum Gasteiger partial charge on any atom is -0.464 e. The molecule has 0 bridgehead atoms. The van der Waals surface area contributed by atoms with Gasteiger partial charge in [-0.05, 0) is 30.7 Å². The maximum absolute atomic E-state index is 13.0. The van der Waals surface area contributed by atoms with Gasteiger partial charge >= 0.3 is 6.09 Å². The number of rotatable bonds is 5. The van der Waals surface area contributed by atoms with Crippen LogP contribution in [-0.4, -0.2) is 36.0 Å². The molecule has 0 saturated carbocycles. The number of hydrogen-bond donors (Lipinski definition) is 2. The molecule has 0 saturated heterocycles. The van der Waals surface area contributed by atoms with Gasteiger partial charge in [0.15, 0.2) is 0 Å². The van der Waals surface area contributed by atoms with Crippen molar-refractivity contribution >= 4 is 28.6 Å². The van der Waals surface area contributed by atoms with E-state index < -0.39 is 12.0 Å². The van der Waals surface area contributed by atoms with Crippen molar-refractivity contribution in [3.05, 3.63) is 107 Å². The van der Waals surface area contributed by atoms with E-state index in [4.69, 9.17) is 0 Å². The third-order valence-corrected chi connectivity index (χ3v) is 6.16. The van der Waals surface area contributed by atoms with Crippen LogP contribution < -0.4 is 10.9 Å². The van der Waals surface area contributed by atoms with Crippen LogP contribution in [0.4, 0.5) is 10.5 Å². The molecule has 1 amide bonds. The Bertz CT molecular complexity index is 1660. The number of nitrogens with one attached hydrogen (secondary N) is 1. The first kappa shape index (κ1) is 22.9. The summed E-state index contributed by atoms with van der Waals surface area (Å²) in [6, 6.07) is 19.9. The molecule has 0 radical (unpaired) electrons. The predicted octanol–water partition coefficient (Wildman–Crippen LogP) is 4.59. The average Bonchev–Trinajstić information content (AvgIpc) is 3.52. The Balaban J connectivity index is 1.48. The lowest BCUT2D eigenvalue weighted by molar-refractivity contribution is 0.102. The van der Waals surface area contributed by atoms with Crippen molar-refractivity contribution < 1.29 is 14.7 Å². The van der Waals surface area contributed by atoms with Crippen LogP contribution >= 0.6 is 0 Å². The highest BCUT2D eigenvalue weighted by atomic mass is 16.4. The highest BCUT2D eigenvalue weighted by molar-refractivity contribution is 6.04. The summed E-state index contributed by atoms with van der Waals surface area (Å²) < 4.78 is 4.10. The number of benzene rings is 2. The molecule has 0 unspecified atom stereocenters. The van der Waals surface area contributed by atoms with Crippen LogP contribution in [-0.2, 0) is 7.05 Å². The van der Waals surface area contributed by atoms with E-state index in [1.54, 1.807) is 48.3 Å². The van der Waals surface area contributed by atoms with Gasteiger partial charge in [0.25, 0.3) is 11.5 Å². The van der Waals surface area contributed by atoms with E-state index in [1.807, 2.05) is 37.3 Å². The average molecular weight is 482 g/mol. The second kappa shape index (κ2) is 9.03. The largest absolute Gasteiger partial charge is 0.464 e. The Kier molecular flexibility index (Phi) is 5.73. The second-order valence-corrected chi connectivity index (χ2v) is 8.51. The second-order valence-electron chi connectivity index (χ2n) is 8.51. The third kappa shape index (κ3) is 4.07. The number of para-hydroxylation sites is 1. The summed E-state index contributed by atoms with van der Waals surface area (Å²) in [6.45, 7) is 1.99. The molecular weight excluding hydrogens is 458 g/mol. The zero-order valence-corrected chi connectivity index (χ0v) is 19.6. The number of aromatic nitrogens is 4. The summed E-state index contributed by atoms with van der Waals surface area (Å²) in [5.74, 6) is -0.398. The highest BCUT2D eigenvalue weighted by Crippen LogP contribution is 2.28. The summed E-state index contributed by atoms with van der Waals surface area (Å²) in [5, 5.41) is 17.7. The highest BCUT2D eigenvalue weighted by Gasteiger charge is 2.20. The van der Waals surface area contributed by atoms with Gasteiger partial charge in [-0.15, -0.1) is 0 Å². The number of carboxylic acid groups (broad SMARTS) is 1. The van der Waals surface area contributed by atoms with Gasteiger partial charge in [0.05, 0.1) is 40.3 Å². The molecule has 5 rings (SSSR count). The molecule has 0 aliphatic heterocycles. The summed E-state index contributed by atoms with van der Waals surface area (Å²) in [6.07, 6.45) is 3.44. The number of carbonyl (C=O) groups excluding carboxylic acids is 1. The van der Waals surface area contributed by atoms with Crippen LogP contribution in [0.15, 0.2) is 90.1 Å². The van der Waals surface area contributed by atoms with E-state index in [1.165, 1.54) is 23.0 Å². The van der Waals surface area contributed by atoms with Gasteiger partial charge in [-0.3, -0.25) is 14.3 Å². The normalized spacial score (nSPS) is 11.9. The zero-order chi connectivity index (χ0) is 25.4. The van der Waals surface area contributed by atoms with Gasteiger partial charge in [-0.1, -0.05) is 48.5 Å². The fourth-order valence-corrected chi connectivity index (χ4v) is 4.28. The van der Waals surface area contributed by atoms with Crippen LogP contribution in [0.25, 0.3) is 22.2 Å². The Labute approximate surface area is 205 Å². The third-order valence-electron chi connectivity index (χ3n) is 6.16. The number of anilines is 1. The summed E-state index contributed by atoms with van der Waals surface area (Å²) in [5.41, 5.74) is 2.23. The van der Waals surface area contributed by atoms with Crippen LogP contribution in [0, 0.1) is 0 Å². The van der Waals surface area contributed by atoms with Crippen molar-refractivity contribution in [2.75, 3.05) is 5.32 Å². The lowest BCUT2D eigenvalue weighted by Crippen LogP contribution is -2.22. The summed E-state index contributed by atoms with van der Waals surface area (Å²) in [4.78, 5) is 38.0. The van der Waals surface area contributed by atoms with Crippen molar-refractivity contribution in [1.82, 2.24) is 18.9 Å². The molecule has 3 aromatic heterocycles. The molecule has 0 aliphatic rings. The van der Waals surface area contributed by atoms with Crippen LogP contribution in [0.1, 0.15) is 28.9 Å². The standard InChI is InChI=1S/C27H23N5O4/c1-17(18-8-4-3-5-9-18)31-15-20(14-28-31)25(33)29-21-13-22(26(34)30(2)16-21)24-12-19-10-6-7-11-23(19)32(24)27(35)36/h3-17H,1-2H3,(H,29,33)(H,35,36)/t17-/m0/s1. The Morgan fingerprint density at radius 3 is 2.47 bits per heavy atom. The molecule has 180 valence electrons. The van der Waals surface area contributed by atoms with Crippen molar-refractivity contribution in [1.29, 1.82) is 0 Å². The summed E-state index contributed by atoms with van der Waals surface area (Å²) >= 11 is 0. The quantitative estimate of drug-likeness (QED) is 0.381. The van der Waals surface area contributed by atoms with E-state index in [-0.39, 0.29) is 22.9 Å². The van der Waals surface area contributed by atoms with Crippen molar-refractivity contribution in [3.8, 4) is 11.3 Å². The molecule has 2 aromatic carbocycles. The maximum atomic E-state index is 13.0. The lowest BCUT2D eigenvalue weighted by Gasteiger charge is -2.12. The molecule has 0 aliphatic carbocycles. The number of pyridine rings is 1. The molecule has 9 nitrogen and oxygen atoms in total. The first-order valence-corrected chi connectivity index (χ1v) is 11.3. The Morgan fingerprint density at radius 2 is 1.72 bits per heavy atom. The number of fused-ring (bicyclic) bond motifs is 1. The first-order valence-electron chi connectivity index (χ1n) is 11.3.